The molecular weight excluding hydrogens is 410 g/mol. The van der Waals surface area contributed by atoms with Gasteiger partial charge in [-0.25, -0.2) is 4.79 Å². The highest BCUT2D eigenvalue weighted by atomic mass is 16.6. The van der Waals surface area contributed by atoms with Crippen LogP contribution < -0.4 is 5.32 Å². The number of piperazine rings is 2. The largest absolute Gasteiger partial charge is 0.445 e. The van der Waals surface area contributed by atoms with E-state index in [0.717, 1.165) is 25.2 Å². The number of benzene rings is 3. The molecule has 0 radical (unpaired) electrons. The van der Waals surface area contributed by atoms with Crippen molar-refractivity contribution in [1.29, 1.82) is 0 Å². The number of carbonyl (C=O) groups is 1. The van der Waals surface area contributed by atoms with Crippen LogP contribution >= 0.6 is 0 Å². The van der Waals surface area contributed by atoms with Gasteiger partial charge in [0.1, 0.15) is 6.61 Å². The number of nitrogens with zero attached hydrogens (tertiary/aromatic N) is 2. The summed E-state index contributed by atoms with van der Waals surface area (Å²) in [6.07, 6.45) is -0.219. The lowest BCUT2D eigenvalue weighted by molar-refractivity contribution is 0.00851. The minimum Gasteiger partial charge on any atom is -0.445 e. The van der Waals surface area contributed by atoms with Crippen LogP contribution in [0.1, 0.15) is 22.6 Å². The number of amides is 1. The van der Waals surface area contributed by atoms with Crippen molar-refractivity contribution in [2.75, 3.05) is 32.7 Å². The molecule has 2 fully saturated rings. The Bertz CT molecular complexity index is 989. The Morgan fingerprint density at radius 2 is 1.45 bits per heavy atom. The fourth-order valence-corrected chi connectivity index (χ4v) is 5.25. The van der Waals surface area contributed by atoms with Crippen LogP contribution in [0, 0.1) is 0 Å². The van der Waals surface area contributed by atoms with Crippen LogP contribution in [-0.4, -0.2) is 60.7 Å². The summed E-state index contributed by atoms with van der Waals surface area (Å²) in [6, 6.07) is 32.1. The van der Waals surface area contributed by atoms with Crippen molar-refractivity contribution in [2.24, 2.45) is 0 Å². The van der Waals surface area contributed by atoms with Crippen LogP contribution in [0.15, 0.2) is 91.0 Å². The van der Waals surface area contributed by atoms with E-state index in [9.17, 15) is 4.79 Å². The monoisotopic (exact) mass is 441 g/mol. The molecule has 0 saturated carbocycles. The fourth-order valence-electron chi connectivity index (χ4n) is 5.25. The van der Waals surface area contributed by atoms with E-state index >= 15 is 0 Å². The van der Waals surface area contributed by atoms with Gasteiger partial charge in [0, 0.05) is 50.7 Å². The number of fused-ring (bicyclic) bond motifs is 1. The third-order valence-electron chi connectivity index (χ3n) is 6.85. The molecule has 0 bridgehead atoms. The van der Waals surface area contributed by atoms with Crippen LogP contribution in [-0.2, 0) is 11.3 Å². The molecule has 2 aliphatic heterocycles. The molecule has 2 atom stereocenters. The van der Waals surface area contributed by atoms with Gasteiger partial charge in [-0.15, -0.1) is 0 Å². The average molecular weight is 442 g/mol. The Balaban J connectivity index is 1.30. The molecule has 3 aromatic carbocycles. The summed E-state index contributed by atoms with van der Waals surface area (Å²) < 4.78 is 5.61. The zero-order valence-corrected chi connectivity index (χ0v) is 18.8. The molecule has 5 nitrogen and oxygen atoms in total. The second kappa shape index (κ2) is 10.2. The van der Waals surface area contributed by atoms with Crippen LogP contribution in [0.2, 0.25) is 0 Å². The highest BCUT2D eigenvalue weighted by Gasteiger charge is 2.40. The van der Waals surface area contributed by atoms with Crippen molar-refractivity contribution in [3.63, 3.8) is 0 Å². The Labute approximate surface area is 196 Å². The molecule has 0 aromatic heterocycles. The number of hydrogen-bond donors (Lipinski definition) is 1. The first-order valence-electron chi connectivity index (χ1n) is 11.8. The van der Waals surface area contributed by atoms with Gasteiger partial charge in [0.2, 0.25) is 0 Å². The van der Waals surface area contributed by atoms with Crippen molar-refractivity contribution < 1.29 is 9.53 Å². The van der Waals surface area contributed by atoms with E-state index in [2.05, 4.69) is 70.9 Å². The van der Waals surface area contributed by atoms with Crippen LogP contribution in [0.25, 0.3) is 0 Å². The quantitative estimate of drug-likeness (QED) is 0.647. The third-order valence-corrected chi connectivity index (χ3v) is 6.85. The summed E-state index contributed by atoms with van der Waals surface area (Å²) >= 11 is 0. The van der Waals surface area contributed by atoms with Crippen LogP contribution in [0.4, 0.5) is 4.79 Å². The molecule has 0 aliphatic carbocycles. The first kappa shape index (κ1) is 21.7. The van der Waals surface area contributed by atoms with Gasteiger partial charge in [-0.3, -0.25) is 4.90 Å². The van der Waals surface area contributed by atoms with E-state index < -0.39 is 0 Å². The summed E-state index contributed by atoms with van der Waals surface area (Å²) in [5.74, 6) is 0.277. The summed E-state index contributed by atoms with van der Waals surface area (Å²) in [6.45, 7) is 4.37. The molecule has 1 N–H and O–H groups in total. The lowest BCUT2D eigenvalue weighted by Crippen LogP contribution is -2.66. The molecule has 2 saturated heterocycles. The van der Waals surface area contributed by atoms with E-state index in [1.54, 1.807) is 0 Å². The Morgan fingerprint density at radius 1 is 0.848 bits per heavy atom. The standard InChI is InChI=1S/C28H31N3O2/c32-28(33-21-22-10-4-1-5-11-22)30-16-17-31-25(20-30)18-29-19-26(31)27(23-12-6-2-7-13-23)24-14-8-3-9-15-24/h1-15,25-27,29H,16-21H2/t25-,26?/m0/s1. The van der Waals surface area contributed by atoms with Crippen molar-refractivity contribution in [3.05, 3.63) is 108 Å². The van der Waals surface area contributed by atoms with E-state index in [-0.39, 0.29) is 18.1 Å². The first-order valence-corrected chi connectivity index (χ1v) is 11.8. The van der Waals surface area contributed by atoms with Gasteiger partial charge in [-0.05, 0) is 16.7 Å². The summed E-state index contributed by atoms with van der Waals surface area (Å²) in [5.41, 5.74) is 3.68. The van der Waals surface area contributed by atoms with E-state index in [1.807, 2.05) is 35.2 Å². The van der Waals surface area contributed by atoms with Gasteiger partial charge in [-0.2, -0.15) is 0 Å². The molecule has 2 aliphatic rings. The minimum atomic E-state index is -0.219. The summed E-state index contributed by atoms with van der Waals surface area (Å²) in [4.78, 5) is 17.3. The summed E-state index contributed by atoms with van der Waals surface area (Å²) in [7, 11) is 0. The zero-order chi connectivity index (χ0) is 22.5. The topological polar surface area (TPSA) is 44.8 Å². The number of carbonyl (C=O) groups excluding carboxylic acids is 1. The van der Waals surface area contributed by atoms with Gasteiger partial charge in [0.05, 0.1) is 0 Å². The lowest BCUT2D eigenvalue weighted by atomic mass is 9.82. The molecule has 170 valence electrons. The number of hydrogen-bond acceptors (Lipinski definition) is 4. The molecule has 33 heavy (non-hydrogen) atoms. The Morgan fingerprint density at radius 3 is 2.09 bits per heavy atom. The SMILES string of the molecule is O=C(OCc1ccccc1)N1CCN2C(C(c3ccccc3)c3ccccc3)CNC[C@H]2C1. The normalized spacial score (nSPS) is 20.9. The number of nitrogens with one attached hydrogen (secondary N) is 1. The predicted molar refractivity (Wildman–Crippen MR) is 130 cm³/mol. The van der Waals surface area contributed by atoms with Crippen molar-refractivity contribution in [2.45, 2.75) is 24.6 Å². The maximum atomic E-state index is 12.8. The van der Waals surface area contributed by atoms with E-state index in [4.69, 9.17) is 4.74 Å². The van der Waals surface area contributed by atoms with E-state index in [1.165, 1.54) is 11.1 Å². The number of rotatable bonds is 5. The molecular formula is C28H31N3O2. The fraction of sp³-hybridized carbons (Fsp3) is 0.321. The minimum absolute atomic E-state index is 0.219. The van der Waals surface area contributed by atoms with Gasteiger partial charge in [0.25, 0.3) is 0 Å². The smallest absolute Gasteiger partial charge is 0.410 e. The molecule has 5 rings (SSSR count). The molecule has 3 aromatic rings. The van der Waals surface area contributed by atoms with E-state index in [0.29, 0.717) is 25.7 Å². The van der Waals surface area contributed by atoms with Gasteiger partial charge in [-0.1, -0.05) is 91.0 Å². The molecule has 1 unspecified atom stereocenters. The van der Waals surface area contributed by atoms with Crippen LogP contribution in [0.5, 0.6) is 0 Å². The third kappa shape index (κ3) is 4.95. The van der Waals surface area contributed by atoms with Crippen molar-refractivity contribution in [3.8, 4) is 0 Å². The lowest BCUT2D eigenvalue weighted by Gasteiger charge is -2.50. The van der Waals surface area contributed by atoms with Crippen molar-refractivity contribution >= 4 is 6.09 Å². The Hall–Kier alpha value is -3.15. The van der Waals surface area contributed by atoms with Gasteiger partial charge < -0.3 is 15.0 Å². The average Bonchev–Trinajstić information content (AvgIpc) is 2.89. The highest BCUT2D eigenvalue weighted by Crippen LogP contribution is 2.34. The maximum absolute atomic E-state index is 12.8. The number of ether oxygens (including phenoxy) is 1. The summed E-state index contributed by atoms with van der Waals surface area (Å²) in [5, 5.41) is 3.65. The second-order valence-corrected chi connectivity index (χ2v) is 8.90. The van der Waals surface area contributed by atoms with Gasteiger partial charge in [0.15, 0.2) is 0 Å². The first-order chi connectivity index (χ1) is 16.3. The molecule has 5 heteroatoms. The predicted octanol–water partition coefficient (Wildman–Crippen LogP) is 4.11. The maximum Gasteiger partial charge on any atom is 0.410 e. The molecule has 1 amide bonds. The molecule has 2 heterocycles. The van der Waals surface area contributed by atoms with Gasteiger partial charge >= 0.3 is 6.09 Å². The molecule has 0 spiro atoms. The second-order valence-electron chi connectivity index (χ2n) is 8.90. The zero-order valence-electron chi connectivity index (χ0n) is 18.8. The highest BCUT2D eigenvalue weighted by molar-refractivity contribution is 5.68. The van der Waals surface area contributed by atoms with Crippen LogP contribution in [0.3, 0.4) is 0 Å². The van der Waals surface area contributed by atoms with Crippen molar-refractivity contribution in [1.82, 2.24) is 15.1 Å². The Kier molecular flexibility index (Phi) is 6.70.